The Bertz CT molecular complexity index is 942. The van der Waals surface area contributed by atoms with Gasteiger partial charge in [0.15, 0.2) is 5.60 Å². The first-order valence-electron chi connectivity index (χ1n) is 10.0. The van der Waals surface area contributed by atoms with E-state index in [1.54, 1.807) is 6.92 Å². The van der Waals surface area contributed by atoms with Crippen molar-refractivity contribution in [3.63, 3.8) is 0 Å². The van der Waals surface area contributed by atoms with Gasteiger partial charge in [0.1, 0.15) is 6.61 Å². The summed E-state index contributed by atoms with van der Waals surface area (Å²) in [6, 6.07) is 15.5. The van der Waals surface area contributed by atoms with Crippen LogP contribution in [0.5, 0.6) is 0 Å². The van der Waals surface area contributed by atoms with E-state index in [0.29, 0.717) is 0 Å². The molecule has 4 N–H and O–H groups in total. The average molecular weight is 426 g/mol. The van der Waals surface area contributed by atoms with Crippen molar-refractivity contribution in [1.82, 2.24) is 10.6 Å². The van der Waals surface area contributed by atoms with E-state index >= 15 is 0 Å². The molecule has 0 saturated heterocycles. The van der Waals surface area contributed by atoms with Crippen LogP contribution in [-0.4, -0.2) is 53.0 Å². The third-order valence-corrected chi connectivity index (χ3v) is 5.29. The number of carbonyl (C=O) groups is 3. The predicted octanol–water partition coefficient (Wildman–Crippen LogP) is 2.26. The van der Waals surface area contributed by atoms with Crippen molar-refractivity contribution in [2.45, 2.75) is 37.8 Å². The molecular formula is C23H26N2O6. The van der Waals surface area contributed by atoms with Crippen LogP contribution in [0.25, 0.3) is 11.1 Å². The molecule has 164 valence electrons. The number of alkyl carbamates (subject to hydrolysis) is 1. The first-order valence-corrected chi connectivity index (χ1v) is 10.0. The van der Waals surface area contributed by atoms with Crippen LogP contribution in [-0.2, 0) is 14.3 Å². The Labute approximate surface area is 180 Å². The van der Waals surface area contributed by atoms with Gasteiger partial charge in [-0.3, -0.25) is 4.79 Å². The summed E-state index contributed by atoms with van der Waals surface area (Å²) in [7, 11) is 0. The number of aliphatic carboxylic acids is 1. The third-order valence-electron chi connectivity index (χ3n) is 5.29. The zero-order valence-corrected chi connectivity index (χ0v) is 17.4. The van der Waals surface area contributed by atoms with E-state index < -0.39 is 36.2 Å². The summed E-state index contributed by atoms with van der Waals surface area (Å²) in [5, 5.41) is 23.4. The highest BCUT2D eigenvalue weighted by atomic mass is 16.5. The Morgan fingerprint density at radius 3 is 2.16 bits per heavy atom. The molecule has 3 rings (SSSR count). The van der Waals surface area contributed by atoms with Crippen molar-refractivity contribution in [3.05, 3.63) is 59.7 Å². The maximum Gasteiger partial charge on any atom is 0.407 e. The standard InChI is InChI=1S/C23H26N2O6/c1-14(11-20(26)24-13-23(2,30)21(27)28)25-22(29)31-12-19-17-9-5-3-7-15(17)16-8-4-6-10-18(16)19/h3-10,14,19,30H,11-13H2,1-2H3,(H,24,26)(H,25,29)(H,27,28)/t14-,23?/m1/s1. The average Bonchev–Trinajstić information content (AvgIpc) is 3.04. The minimum Gasteiger partial charge on any atom is -0.479 e. The second-order valence-electron chi connectivity index (χ2n) is 7.93. The van der Waals surface area contributed by atoms with Gasteiger partial charge in [-0.2, -0.15) is 0 Å². The van der Waals surface area contributed by atoms with Gasteiger partial charge in [-0.1, -0.05) is 48.5 Å². The molecule has 2 atom stereocenters. The van der Waals surface area contributed by atoms with Crippen molar-refractivity contribution in [2.24, 2.45) is 0 Å². The van der Waals surface area contributed by atoms with Gasteiger partial charge >= 0.3 is 12.1 Å². The molecular weight excluding hydrogens is 400 g/mol. The largest absolute Gasteiger partial charge is 0.479 e. The molecule has 2 amide bonds. The predicted molar refractivity (Wildman–Crippen MR) is 114 cm³/mol. The summed E-state index contributed by atoms with van der Waals surface area (Å²) in [6.45, 7) is 2.46. The molecule has 1 unspecified atom stereocenters. The van der Waals surface area contributed by atoms with Gasteiger partial charge in [-0.25, -0.2) is 9.59 Å². The number of carboxylic acids is 1. The number of fused-ring (bicyclic) bond motifs is 3. The van der Waals surface area contributed by atoms with E-state index in [0.717, 1.165) is 29.2 Å². The highest BCUT2D eigenvalue weighted by Crippen LogP contribution is 2.44. The first kappa shape index (κ1) is 22.3. The van der Waals surface area contributed by atoms with Gasteiger partial charge in [-0.15, -0.1) is 0 Å². The Kier molecular flexibility index (Phi) is 6.60. The fourth-order valence-electron chi connectivity index (χ4n) is 3.59. The molecule has 8 heteroatoms. The van der Waals surface area contributed by atoms with Crippen LogP contribution in [0.1, 0.15) is 37.3 Å². The van der Waals surface area contributed by atoms with E-state index in [-0.39, 0.29) is 18.9 Å². The van der Waals surface area contributed by atoms with Crippen LogP contribution in [0.2, 0.25) is 0 Å². The second-order valence-corrected chi connectivity index (χ2v) is 7.93. The Hall–Kier alpha value is -3.39. The summed E-state index contributed by atoms with van der Waals surface area (Å²) in [5.41, 5.74) is 2.42. The molecule has 2 aromatic rings. The van der Waals surface area contributed by atoms with Crippen LogP contribution in [0.4, 0.5) is 4.79 Å². The molecule has 31 heavy (non-hydrogen) atoms. The number of hydrogen-bond acceptors (Lipinski definition) is 5. The van der Waals surface area contributed by atoms with Crippen LogP contribution >= 0.6 is 0 Å². The lowest BCUT2D eigenvalue weighted by atomic mass is 9.98. The summed E-state index contributed by atoms with van der Waals surface area (Å²) in [5.74, 6) is -1.99. The van der Waals surface area contributed by atoms with Crippen molar-refractivity contribution in [3.8, 4) is 11.1 Å². The zero-order valence-electron chi connectivity index (χ0n) is 17.4. The Balaban J connectivity index is 1.50. The summed E-state index contributed by atoms with van der Waals surface area (Å²) in [6.07, 6.45) is -0.723. The van der Waals surface area contributed by atoms with Crippen LogP contribution in [0.15, 0.2) is 48.5 Å². The van der Waals surface area contributed by atoms with Crippen LogP contribution < -0.4 is 10.6 Å². The third kappa shape index (κ3) is 5.21. The minimum atomic E-state index is -2.06. The molecule has 1 aliphatic rings. The quantitative estimate of drug-likeness (QED) is 0.513. The Morgan fingerprint density at radius 1 is 1.06 bits per heavy atom. The number of carboxylic acid groups (broad SMARTS) is 1. The fraction of sp³-hybridized carbons (Fsp3) is 0.348. The highest BCUT2D eigenvalue weighted by Gasteiger charge is 2.31. The molecule has 2 aromatic carbocycles. The van der Waals surface area contributed by atoms with Gasteiger partial charge in [0.25, 0.3) is 0 Å². The number of hydrogen-bond donors (Lipinski definition) is 4. The molecule has 8 nitrogen and oxygen atoms in total. The second kappa shape index (κ2) is 9.18. The monoisotopic (exact) mass is 426 g/mol. The van der Waals surface area contributed by atoms with Gasteiger partial charge in [0, 0.05) is 18.4 Å². The van der Waals surface area contributed by atoms with E-state index in [2.05, 4.69) is 22.8 Å². The van der Waals surface area contributed by atoms with Crippen molar-refractivity contribution >= 4 is 18.0 Å². The molecule has 0 fully saturated rings. The lowest BCUT2D eigenvalue weighted by molar-refractivity contribution is -0.156. The molecule has 0 saturated carbocycles. The number of ether oxygens (including phenoxy) is 1. The summed E-state index contributed by atoms with van der Waals surface area (Å²) >= 11 is 0. The number of rotatable bonds is 8. The van der Waals surface area contributed by atoms with Gasteiger partial charge in [0.2, 0.25) is 5.91 Å². The number of benzene rings is 2. The van der Waals surface area contributed by atoms with E-state index in [9.17, 15) is 19.5 Å². The molecule has 0 aliphatic heterocycles. The molecule has 0 heterocycles. The lowest BCUT2D eigenvalue weighted by Crippen LogP contribution is -2.47. The number of aliphatic hydroxyl groups is 1. The van der Waals surface area contributed by atoms with Crippen molar-refractivity contribution in [1.29, 1.82) is 0 Å². The number of carbonyl (C=O) groups excluding carboxylic acids is 2. The molecule has 1 aliphatic carbocycles. The number of nitrogens with one attached hydrogen (secondary N) is 2. The van der Waals surface area contributed by atoms with Crippen LogP contribution in [0, 0.1) is 0 Å². The first-order chi connectivity index (χ1) is 14.7. The highest BCUT2D eigenvalue weighted by molar-refractivity contribution is 5.81. The van der Waals surface area contributed by atoms with Gasteiger partial charge in [0.05, 0.1) is 6.54 Å². The summed E-state index contributed by atoms with van der Waals surface area (Å²) < 4.78 is 5.44. The van der Waals surface area contributed by atoms with E-state index in [1.807, 2.05) is 36.4 Å². The Morgan fingerprint density at radius 2 is 1.61 bits per heavy atom. The SMILES string of the molecule is C[C@H](CC(=O)NCC(C)(O)C(=O)O)NC(=O)OCC1c2ccccc2-c2ccccc21. The van der Waals surface area contributed by atoms with Crippen molar-refractivity contribution < 1.29 is 29.3 Å². The zero-order chi connectivity index (χ0) is 22.6. The molecule has 0 bridgehead atoms. The van der Waals surface area contributed by atoms with E-state index in [4.69, 9.17) is 9.84 Å². The smallest absolute Gasteiger partial charge is 0.407 e. The topological polar surface area (TPSA) is 125 Å². The minimum absolute atomic E-state index is 0.0602. The van der Waals surface area contributed by atoms with Gasteiger partial charge < -0.3 is 25.6 Å². The maximum absolute atomic E-state index is 12.2. The van der Waals surface area contributed by atoms with E-state index in [1.165, 1.54) is 0 Å². The lowest BCUT2D eigenvalue weighted by Gasteiger charge is -2.20. The molecule has 0 radical (unpaired) electrons. The fourth-order valence-corrected chi connectivity index (χ4v) is 3.59. The van der Waals surface area contributed by atoms with Crippen LogP contribution in [0.3, 0.4) is 0 Å². The number of amides is 2. The normalized spacial score (nSPS) is 15.2. The maximum atomic E-state index is 12.2. The summed E-state index contributed by atoms with van der Waals surface area (Å²) in [4.78, 5) is 35.0. The molecule has 0 aromatic heterocycles. The van der Waals surface area contributed by atoms with Gasteiger partial charge in [-0.05, 0) is 36.1 Å². The van der Waals surface area contributed by atoms with Crippen molar-refractivity contribution in [2.75, 3.05) is 13.2 Å². The molecule has 0 spiro atoms.